The Labute approximate surface area is 121 Å². The van der Waals surface area contributed by atoms with E-state index in [-0.39, 0.29) is 11.5 Å². The van der Waals surface area contributed by atoms with Crippen LogP contribution in [0.5, 0.6) is 0 Å². The minimum Gasteiger partial charge on any atom is -0.392 e. The molecule has 1 rings (SSSR count). The van der Waals surface area contributed by atoms with Gasteiger partial charge >= 0.3 is 0 Å². The summed E-state index contributed by atoms with van der Waals surface area (Å²) in [6, 6.07) is 6.18. The lowest BCUT2D eigenvalue weighted by atomic mass is 10.2. The molecule has 0 aromatic heterocycles. The van der Waals surface area contributed by atoms with Gasteiger partial charge in [0.05, 0.1) is 11.5 Å². The average Bonchev–Trinajstić information content (AvgIpc) is 2.46. The van der Waals surface area contributed by atoms with Crippen molar-refractivity contribution in [2.45, 2.75) is 37.7 Å². The molecule has 1 aromatic rings. The van der Waals surface area contributed by atoms with Gasteiger partial charge < -0.3 is 9.84 Å². The highest BCUT2D eigenvalue weighted by Crippen LogP contribution is 2.10. The third-order valence-electron chi connectivity index (χ3n) is 2.82. The largest absolute Gasteiger partial charge is 0.392 e. The van der Waals surface area contributed by atoms with Crippen molar-refractivity contribution in [3.05, 3.63) is 29.8 Å². The van der Waals surface area contributed by atoms with Crippen molar-refractivity contribution in [3.8, 4) is 0 Å². The summed E-state index contributed by atoms with van der Waals surface area (Å²) < 4.78 is 31.8. The second-order valence-corrected chi connectivity index (χ2v) is 6.29. The SMILES string of the molecule is CCCCOCCCNS(=O)(=O)c1ccc(CO)cc1. The molecule has 0 fully saturated rings. The van der Waals surface area contributed by atoms with Crippen LogP contribution in [0.4, 0.5) is 0 Å². The van der Waals surface area contributed by atoms with E-state index in [0.29, 0.717) is 25.1 Å². The van der Waals surface area contributed by atoms with Crippen LogP contribution in [0.25, 0.3) is 0 Å². The highest BCUT2D eigenvalue weighted by molar-refractivity contribution is 7.89. The van der Waals surface area contributed by atoms with E-state index in [1.807, 2.05) is 0 Å². The Morgan fingerprint density at radius 1 is 1.15 bits per heavy atom. The first-order valence-corrected chi connectivity index (χ1v) is 8.35. The number of aliphatic hydroxyl groups excluding tert-OH is 1. The summed E-state index contributed by atoms with van der Waals surface area (Å²) in [5.74, 6) is 0. The molecule has 6 heteroatoms. The van der Waals surface area contributed by atoms with Crippen molar-refractivity contribution in [2.24, 2.45) is 0 Å². The minimum atomic E-state index is -3.47. The molecule has 0 heterocycles. The van der Waals surface area contributed by atoms with Gasteiger partial charge in [0.25, 0.3) is 0 Å². The summed E-state index contributed by atoms with van der Waals surface area (Å²) in [5.41, 5.74) is 0.688. The molecule has 2 N–H and O–H groups in total. The molecule has 0 radical (unpaired) electrons. The Balaban J connectivity index is 2.33. The van der Waals surface area contributed by atoms with E-state index in [9.17, 15) is 8.42 Å². The maximum Gasteiger partial charge on any atom is 0.240 e. The molecule has 5 nitrogen and oxygen atoms in total. The van der Waals surface area contributed by atoms with Gasteiger partial charge in [-0.3, -0.25) is 0 Å². The van der Waals surface area contributed by atoms with Crippen molar-refractivity contribution in [2.75, 3.05) is 19.8 Å². The van der Waals surface area contributed by atoms with E-state index >= 15 is 0 Å². The van der Waals surface area contributed by atoms with E-state index < -0.39 is 10.0 Å². The van der Waals surface area contributed by atoms with Gasteiger partial charge in [-0.05, 0) is 30.5 Å². The number of rotatable bonds is 10. The predicted molar refractivity (Wildman–Crippen MR) is 77.9 cm³/mol. The van der Waals surface area contributed by atoms with Gasteiger partial charge in [0.2, 0.25) is 10.0 Å². The molecule has 0 saturated heterocycles. The minimum absolute atomic E-state index is 0.0944. The predicted octanol–water partition coefficient (Wildman–Crippen LogP) is 1.66. The summed E-state index contributed by atoms with van der Waals surface area (Å²) in [6.07, 6.45) is 2.77. The topological polar surface area (TPSA) is 75.6 Å². The maximum absolute atomic E-state index is 12.0. The molecule has 0 spiro atoms. The zero-order valence-corrected chi connectivity index (χ0v) is 12.7. The van der Waals surface area contributed by atoms with Crippen LogP contribution in [-0.4, -0.2) is 33.3 Å². The molecule has 20 heavy (non-hydrogen) atoms. The lowest BCUT2D eigenvalue weighted by molar-refractivity contribution is 0.130. The fourth-order valence-corrected chi connectivity index (χ4v) is 2.66. The number of aliphatic hydroxyl groups is 1. The lowest BCUT2D eigenvalue weighted by Crippen LogP contribution is -2.25. The molecule has 1 aromatic carbocycles. The Bertz CT molecular complexity index is 470. The molecule has 114 valence electrons. The lowest BCUT2D eigenvalue weighted by Gasteiger charge is -2.07. The standard InChI is InChI=1S/C14H23NO4S/c1-2-3-10-19-11-4-9-15-20(17,18)14-7-5-13(12-16)6-8-14/h5-8,15-16H,2-4,9-12H2,1H3. The highest BCUT2D eigenvalue weighted by atomic mass is 32.2. The van der Waals surface area contributed by atoms with Crippen molar-refractivity contribution in [1.29, 1.82) is 0 Å². The normalized spacial score (nSPS) is 11.7. The zero-order valence-electron chi connectivity index (χ0n) is 11.8. The molecule has 0 aliphatic heterocycles. The first-order chi connectivity index (χ1) is 9.60. The fraction of sp³-hybridized carbons (Fsp3) is 0.571. The molecule has 0 aliphatic rings. The quantitative estimate of drug-likeness (QED) is 0.645. The van der Waals surface area contributed by atoms with Gasteiger partial charge in [0, 0.05) is 19.8 Å². The van der Waals surface area contributed by atoms with Gasteiger partial charge in [0.1, 0.15) is 0 Å². The van der Waals surface area contributed by atoms with Crippen LogP contribution in [0.2, 0.25) is 0 Å². The average molecular weight is 301 g/mol. The maximum atomic E-state index is 12.0. The Hall–Kier alpha value is -0.950. The smallest absolute Gasteiger partial charge is 0.240 e. The van der Waals surface area contributed by atoms with Gasteiger partial charge in [0.15, 0.2) is 0 Å². The molecular formula is C14H23NO4S. The zero-order chi connectivity index (χ0) is 14.8. The van der Waals surface area contributed by atoms with E-state index in [1.54, 1.807) is 12.1 Å². The van der Waals surface area contributed by atoms with Crippen LogP contribution in [0, 0.1) is 0 Å². The second-order valence-electron chi connectivity index (χ2n) is 4.52. The molecule has 0 aliphatic carbocycles. The van der Waals surface area contributed by atoms with Gasteiger partial charge in [-0.25, -0.2) is 13.1 Å². The summed E-state index contributed by atoms with van der Waals surface area (Å²) in [6.45, 7) is 3.65. The van der Waals surface area contributed by atoms with Gasteiger partial charge in [-0.2, -0.15) is 0 Å². The van der Waals surface area contributed by atoms with Crippen molar-refractivity contribution in [1.82, 2.24) is 4.72 Å². The number of nitrogens with one attached hydrogen (secondary N) is 1. The van der Waals surface area contributed by atoms with Crippen LogP contribution in [0.1, 0.15) is 31.7 Å². The second kappa shape index (κ2) is 9.07. The van der Waals surface area contributed by atoms with Gasteiger partial charge in [-0.15, -0.1) is 0 Å². The van der Waals surface area contributed by atoms with Crippen molar-refractivity contribution < 1.29 is 18.3 Å². The summed E-state index contributed by atoms with van der Waals surface area (Å²) >= 11 is 0. The molecule has 0 unspecified atom stereocenters. The van der Waals surface area contributed by atoms with Crippen molar-refractivity contribution >= 4 is 10.0 Å². The Morgan fingerprint density at radius 3 is 2.40 bits per heavy atom. The first-order valence-electron chi connectivity index (χ1n) is 6.87. The van der Waals surface area contributed by atoms with Crippen LogP contribution in [0.15, 0.2) is 29.2 Å². The monoisotopic (exact) mass is 301 g/mol. The number of sulfonamides is 1. The number of hydrogen-bond donors (Lipinski definition) is 2. The third-order valence-corrected chi connectivity index (χ3v) is 4.29. The van der Waals surface area contributed by atoms with Crippen LogP contribution in [0.3, 0.4) is 0 Å². The van der Waals surface area contributed by atoms with Crippen molar-refractivity contribution in [3.63, 3.8) is 0 Å². The van der Waals surface area contributed by atoms with Crippen LogP contribution >= 0.6 is 0 Å². The first kappa shape index (κ1) is 17.1. The van der Waals surface area contributed by atoms with E-state index in [0.717, 1.165) is 19.4 Å². The summed E-state index contributed by atoms with van der Waals surface area (Å²) in [7, 11) is -3.47. The molecule has 0 amide bonds. The molecule has 0 atom stereocenters. The van der Waals surface area contributed by atoms with Gasteiger partial charge in [-0.1, -0.05) is 25.5 Å². The fourth-order valence-electron chi connectivity index (χ4n) is 1.59. The Kier molecular flexibility index (Phi) is 7.76. The number of benzene rings is 1. The van der Waals surface area contributed by atoms with Crippen LogP contribution < -0.4 is 4.72 Å². The van der Waals surface area contributed by atoms with E-state index in [1.165, 1.54) is 12.1 Å². The van der Waals surface area contributed by atoms with E-state index in [2.05, 4.69) is 11.6 Å². The number of hydrogen-bond acceptors (Lipinski definition) is 4. The molecule has 0 saturated carbocycles. The number of unbranched alkanes of at least 4 members (excludes halogenated alkanes) is 1. The van der Waals surface area contributed by atoms with E-state index in [4.69, 9.17) is 9.84 Å². The third kappa shape index (κ3) is 6.00. The van der Waals surface area contributed by atoms with Crippen LogP contribution in [-0.2, 0) is 21.4 Å². The summed E-state index contributed by atoms with van der Waals surface area (Å²) in [4.78, 5) is 0.210. The highest BCUT2D eigenvalue weighted by Gasteiger charge is 2.12. The Morgan fingerprint density at radius 2 is 1.80 bits per heavy atom. The molecular weight excluding hydrogens is 278 g/mol. The summed E-state index contributed by atoms with van der Waals surface area (Å²) in [5, 5.41) is 8.91. The number of ether oxygens (including phenoxy) is 1. The molecule has 0 bridgehead atoms.